The molecule has 0 aliphatic heterocycles. The van der Waals surface area contributed by atoms with Crippen molar-refractivity contribution in [1.82, 2.24) is 5.32 Å². The number of hydrogen-bond donors (Lipinski definition) is 1. The van der Waals surface area contributed by atoms with E-state index in [9.17, 15) is 4.79 Å². The van der Waals surface area contributed by atoms with Crippen LogP contribution in [0.15, 0.2) is 0 Å². The molecule has 0 heterocycles. The molecule has 0 radical (unpaired) electrons. The number of ether oxygens (including phenoxy) is 1. The first kappa shape index (κ1) is 10.3. The van der Waals surface area contributed by atoms with Gasteiger partial charge in [0.2, 0.25) is 0 Å². The Kier molecular flexibility index (Phi) is 6.89. The topological polar surface area (TPSA) is 38.3 Å². The fraction of sp³-hybridized carbons (Fsp3) is 0.875. The lowest BCUT2D eigenvalue weighted by Crippen LogP contribution is -2.23. The van der Waals surface area contributed by atoms with Crippen molar-refractivity contribution in [2.24, 2.45) is 0 Å². The van der Waals surface area contributed by atoms with Gasteiger partial charge in [-0.3, -0.25) is 0 Å². The molecular weight excluding hydrogens is 142 g/mol. The summed E-state index contributed by atoms with van der Waals surface area (Å²) in [7, 11) is 1.38. The Labute approximate surface area is 69.6 Å². The number of rotatable bonds is 5. The summed E-state index contributed by atoms with van der Waals surface area (Å²) < 4.78 is 4.41. The van der Waals surface area contributed by atoms with Gasteiger partial charge in [0.1, 0.15) is 0 Å². The van der Waals surface area contributed by atoms with Crippen LogP contribution in [0.2, 0.25) is 0 Å². The van der Waals surface area contributed by atoms with Gasteiger partial charge >= 0.3 is 6.09 Å². The molecule has 0 fully saturated rings. The summed E-state index contributed by atoms with van der Waals surface area (Å²) in [5.41, 5.74) is 0. The molecule has 1 amide bonds. The van der Waals surface area contributed by atoms with Crippen LogP contribution in [-0.4, -0.2) is 19.7 Å². The molecule has 11 heavy (non-hydrogen) atoms. The summed E-state index contributed by atoms with van der Waals surface area (Å²) in [5, 5.41) is 2.63. The summed E-state index contributed by atoms with van der Waals surface area (Å²) in [4.78, 5) is 10.5. The molecule has 0 spiro atoms. The second-order valence-corrected chi connectivity index (χ2v) is 2.48. The number of nitrogens with one attached hydrogen (secondary N) is 1. The molecule has 0 rings (SSSR count). The van der Waals surface area contributed by atoms with Crippen LogP contribution in [-0.2, 0) is 4.74 Å². The normalized spacial score (nSPS) is 9.27. The Morgan fingerprint density at radius 2 is 2.18 bits per heavy atom. The third kappa shape index (κ3) is 7.16. The van der Waals surface area contributed by atoms with E-state index in [4.69, 9.17) is 0 Å². The van der Waals surface area contributed by atoms with E-state index in [1.165, 1.54) is 26.4 Å². The van der Waals surface area contributed by atoms with E-state index in [-0.39, 0.29) is 7.52 Å². The molecule has 0 aromatic heterocycles. The molecule has 0 atom stereocenters. The Morgan fingerprint density at radius 1 is 1.45 bits per heavy atom. The molecule has 0 saturated carbocycles. The maximum absolute atomic E-state index is 10.5. The lowest BCUT2D eigenvalue weighted by molar-refractivity contribution is 0.171. The standard InChI is InChI=1S/C8H17NO2.H2/c1-3-4-5-6-7-9-8(10)11-2;/h3-7H2,1-2H3,(H,9,10);1H. The van der Waals surface area contributed by atoms with Gasteiger partial charge in [0.25, 0.3) is 0 Å². The van der Waals surface area contributed by atoms with Crippen LogP contribution in [0.4, 0.5) is 4.79 Å². The minimum absolute atomic E-state index is 0. The SMILES string of the molecule is CCCCCCNC(=O)OC.[HH]. The highest BCUT2D eigenvalue weighted by molar-refractivity contribution is 5.66. The van der Waals surface area contributed by atoms with E-state index in [0.29, 0.717) is 0 Å². The van der Waals surface area contributed by atoms with Crippen molar-refractivity contribution in [3.8, 4) is 0 Å². The molecule has 0 aliphatic carbocycles. The number of carbonyl (C=O) groups excluding carboxylic acids is 1. The zero-order chi connectivity index (χ0) is 8.53. The van der Waals surface area contributed by atoms with Crippen molar-refractivity contribution in [1.29, 1.82) is 0 Å². The largest absolute Gasteiger partial charge is 0.453 e. The average molecular weight is 161 g/mol. The Bertz CT molecular complexity index is 109. The molecule has 0 saturated heterocycles. The Morgan fingerprint density at radius 3 is 2.73 bits per heavy atom. The first-order valence-electron chi connectivity index (χ1n) is 4.13. The maximum atomic E-state index is 10.5. The van der Waals surface area contributed by atoms with Crippen molar-refractivity contribution < 1.29 is 11.0 Å². The van der Waals surface area contributed by atoms with Gasteiger partial charge in [0, 0.05) is 7.97 Å². The highest BCUT2D eigenvalue weighted by Crippen LogP contribution is 1.96. The molecule has 68 valence electrons. The first-order chi connectivity index (χ1) is 5.31. The summed E-state index contributed by atoms with van der Waals surface area (Å²) in [5.74, 6) is 0. The number of amides is 1. The summed E-state index contributed by atoms with van der Waals surface area (Å²) in [6.45, 7) is 2.89. The van der Waals surface area contributed by atoms with Gasteiger partial charge in [-0.05, 0) is 6.42 Å². The van der Waals surface area contributed by atoms with E-state index in [1.807, 2.05) is 0 Å². The predicted molar refractivity (Wildman–Crippen MR) is 46.7 cm³/mol. The monoisotopic (exact) mass is 161 g/mol. The van der Waals surface area contributed by atoms with Gasteiger partial charge in [0.15, 0.2) is 0 Å². The Balaban J connectivity index is 0. The van der Waals surface area contributed by atoms with E-state index in [2.05, 4.69) is 17.0 Å². The molecule has 0 aromatic carbocycles. The van der Waals surface area contributed by atoms with Gasteiger partial charge in [-0.2, -0.15) is 0 Å². The number of unbranched alkanes of at least 4 members (excludes halogenated alkanes) is 3. The molecular formula is C8H19NO2. The number of alkyl carbamates (subject to hydrolysis) is 1. The second kappa shape index (κ2) is 7.38. The smallest absolute Gasteiger partial charge is 0.406 e. The van der Waals surface area contributed by atoms with Crippen LogP contribution in [0.1, 0.15) is 34.0 Å². The molecule has 0 aromatic rings. The van der Waals surface area contributed by atoms with Crippen LogP contribution in [0, 0.1) is 0 Å². The zero-order valence-electron chi connectivity index (χ0n) is 7.35. The molecule has 0 bridgehead atoms. The minimum atomic E-state index is -0.332. The highest BCUT2D eigenvalue weighted by Gasteiger charge is 1.94. The van der Waals surface area contributed by atoms with Crippen molar-refractivity contribution in [2.45, 2.75) is 32.6 Å². The van der Waals surface area contributed by atoms with Gasteiger partial charge < -0.3 is 10.1 Å². The lowest BCUT2D eigenvalue weighted by atomic mass is 10.2. The highest BCUT2D eigenvalue weighted by atomic mass is 16.5. The number of methoxy groups -OCH3 is 1. The average Bonchev–Trinajstić information content (AvgIpc) is 2.04. The van der Waals surface area contributed by atoms with Crippen LogP contribution in [0.3, 0.4) is 0 Å². The van der Waals surface area contributed by atoms with E-state index < -0.39 is 0 Å². The number of carbonyl (C=O) groups is 1. The second-order valence-electron chi connectivity index (χ2n) is 2.48. The third-order valence-electron chi connectivity index (χ3n) is 1.49. The van der Waals surface area contributed by atoms with Crippen LogP contribution in [0.25, 0.3) is 0 Å². The fourth-order valence-electron chi connectivity index (χ4n) is 0.814. The molecule has 0 unspecified atom stereocenters. The predicted octanol–water partition coefficient (Wildman–Crippen LogP) is 2.17. The van der Waals surface area contributed by atoms with E-state index >= 15 is 0 Å². The minimum Gasteiger partial charge on any atom is -0.453 e. The molecule has 0 aliphatic rings. The lowest BCUT2D eigenvalue weighted by Gasteiger charge is -2.01. The van der Waals surface area contributed by atoms with Crippen LogP contribution < -0.4 is 5.32 Å². The zero-order valence-corrected chi connectivity index (χ0v) is 7.35. The molecule has 3 heteroatoms. The third-order valence-corrected chi connectivity index (χ3v) is 1.49. The van der Waals surface area contributed by atoms with Crippen molar-refractivity contribution in [3.05, 3.63) is 0 Å². The molecule has 3 nitrogen and oxygen atoms in total. The first-order valence-corrected chi connectivity index (χ1v) is 4.13. The van der Waals surface area contributed by atoms with Gasteiger partial charge in [0.05, 0.1) is 7.11 Å². The Hall–Kier alpha value is -0.730. The van der Waals surface area contributed by atoms with Gasteiger partial charge in [-0.15, -0.1) is 0 Å². The number of hydrogen-bond acceptors (Lipinski definition) is 2. The van der Waals surface area contributed by atoms with Crippen molar-refractivity contribution in [3.63, 3.8) is 0 Å². The van der Waals surface area contributed by atoms with Gasteiger partial charge in [-0.1, -0.05) is 26.2 Å². The van der Waals surface area contributed by atoms with Crippen molar-refractivity contribution in [2.75, 3.05) is 13.7 Å². The van der Waals surface area contributed by atoms with Crippen LogP contribution in [0.5, 0.6) is 0 Å². The summed E-state index contributed by atoms with van der Waals surface area (Å²) in [6.07, 6.45) is 4.35. The van der Waals surface area contributed by atoms with Crippen molar-refractivity contribution >= 4 is 6.09 Å². The van der Waals surface area contributed by atoms with Crippen LogP contribution >= 0.6 is 0 Å². The van der Waals surface area contributed by atoms with E-state index in [1.54, 1.807) is 0 Å². The summed E-state index contributed by atoms with van der Waals surface area (Å²) in [6, 6.07) is 0. The van der Waals surface area contributed by atoms with E-state index in [0.717, 1.165) is 13.0 Å². The molecule has 1 N–H and O–H groups in total. The fourth-order valence-corrected chi connectivity index (χ4v) is 0.814. The van der Waals surface area contributed by atoms with Gasteiger partial charge in [-0.25, -0.2) is 4.79 Å². The quantitative estimate of drug-likeness (QED) is 0.627. The summed E-state index contributed by atoms with van der Waals surface area (Å²) >= 11 is 0. The maximum Gasteiger partial charge on any atom is 0.406 e.